The maximum absolute atomic E-state index is 9.86. The molecule has 0 spiro atoms. The summed E-state index contributed by atoms with van der Waals surface area (Å²) in [5.41, 5.74) is 4.92. The van der Waals surface area contributed by atoms with Gasteiger partial charge >= 0.3 is 0 Å². The predicted molar refractivity (Wildman–Crippen MR) is 73.4 cm³/mol. The van der Waals surface area contributed by atoms with E-state index in [1.165, 1.54) is 11.1 Å². The Bertz CT molecular complexity index is 538. The van der Waals surface area contributed by atoms with E-state index in [1.54, 1.807) is 0 Å². The largest absolute Gasteiger partial charge is 0.389 e. The van der Waals surface area contributed by atoms with Gasteiger partial charge in [0.2, 0.25) is 0 Å². The van der Waals surface area contributed by atoms with Gasteiger partial charge in [0.15, 0.2) is 0 Å². The minimum absolute atomic E-state index is 0.426. The summed E-state index contributed by atoms with van der Waals surface area (Å²) in [6.45, 7) is 3.68. The smallest absolute Gasteiger partial charge is 0.0781 e. The van der Waals surface area contributed by atoms with Gasteiger partial charge in [0.1, 0.15) is 0 Å². The maximum Gasteiger partial charge on any atom is 0.0781 e. The Balaban J connectivity index is 1.95. The molecule has 0 radical (unpaired) electrons. The SMILES string of the molecule is C[C@H](O)c1ccccc1N1Cc2ccccc2C1. The monoisotopic (exact) mass is 239 g/mol. The molecule has 0 saturated carbocycles. The van der Waals surface area contributed by atoms with Crippen LogP contribution in [0.25, 0.3) is 0 Å². The fourth-order valence-corrected chi connectivity index (χ4v) is 2.63. The van der Waals surface area contributed by atoms with Gasteiger partial charge in [-0.1, -0.05) is 42.5 Å². The van der Waals surface area contributed by atoms with Gasteiger partial charge in [0.25, 0.3) is 0 Å². The van der Waals surface area contributed by atoms with Crippen molar-refractivity contribution in [3.8, 4) is 0 Å². The zero-order chi connectivity index (χ0) is 12.5. The first-order valence-corrected chi connectivity index (χ1v) is 6.34. The molecular formula is C16H17NO. The third-order valence-corrected chi connectivity index (χ3v) is 3.57. The van der Waals surface area contributed by atoms with Crippen molar-refractivity contribution in [2.24, 2.45) is 0 Å². The molecule has 2 heteroatoms. The summed E-state index contributed by atoms with van der Waals surface area (Å²) in [6.07, 6.45) is -0.426. The lowest BCUT2D eigenvalue weighted by Crippen LogP contribution is -2.17. The lowest BCUT2D eigenvalue weighted by atomic mass is 10.1. The number of anilines is 1. The van der Waals surface area contributed by atoms with Gasteiger partial charge in [-0.25, -0.2) is 0 Å². The highest BCUT2D eigenvalue weighted by Crippen LogP contribution is 2.32. The van der Waals surface area contributed by atoms with Crippen LogP contribution in [0.15, 0.2) is 48.5 Å². The van der Waals surface area contributed by atoms with E-state index < -0.39 is 6.10 Å². The van der Waals surface area contributed by atoms with Crippen LogP contribution in [0.4, 0.5) is 5.69 Å². The van der Waals surface area contributed by atoms with Gasteiger partial charge in [-0.2, -0.15) is 0 Å². The summed E-state index contributed by atoms with van der Waals surface area (Å²) in [5.74, 6) is 0. The Labute approximate surface area is 107 Å². The number of hydrogen-bond donors (Lipinski definition) is 1. The summed E-state index contributed by atoms with van der Waals surface area (Å²) in [5, 5.41) is 9.86. The van der Waals surface area contributed by atoms with E-state index in [-0.39, 0.29) is 0 Å². The quantitative estimate of drug-likeness (QED) is 0.869. The lowest BCUT2D eigenvalue weighted by molar-refractivity contribution is 0.199. The van der Waals surface area contributed by atoms with E-state index in [1.807, 2.05) is 25.1 Å². The minimum atomic E-state index is -0.426. The van der Waals surface area contributed by atoms with Crippen LogP contribution in [-0.2, 0) is 13.1 Å². The molecule has 1 atom stereocenters. The van der Waals surface area contributed by atoms with Gasteiger partial charge in [0, 0.05) is 24.3 Å². The molecule has 0 fully saturated rings. The van der Waals surface area contributed by atoms with E-state index in [4.69, 9.17) is 0 Å². The predicted octanol–water partition coefficient (Wildman–Crippen LogP) is 3.26. The highest BCUT2D eigenvalue weighted by atomic mass is 16.3. The minimum Gasteiger partial charge on any atom is -0.389 e. The zero-order valence-electron chi connectivity index (χ0n) is 10.5. The molecule has 0 amide bonds. The molecule has 0 unspecified atom stereocenters. The Morgan fingerprint density at radius 2 is 1.50 bits per heavy atom. The van der Waals surface area contributed by atoms with Crippen LogP contribution in [0.3, 0.4) is 0 Å². The summed E-state index contributed by atoms with van der Waals surface area (Å²) in [6, 6.07) is 16.6. The number of hydrogen-bond acceptors (Lipinski definition) is 2. The number of benzene rings is 2. The molecule has 92 valence electrons. The molecule has 2 aromatic carbocycles. The summed E-state index contributed by atoms with van der Waals surface area (Å²) in [4.78, 5) is 2.33. The first kappa shape index (κ1) is 11.3. The molecule has 1 heterocycles. The van der Waals surface area contributed by atoms with Crippen LogP contribution >= 0.6 is 0 Å². The molecular weight excluding hydrogens is 222 g/mol. The summed E-state index contributed by atoms with van der Waals surface area (Å²) >= 11 is 0. The van der Waals surface area contributed by atoms with Crippen molar-refractivity contribution in [2.45, 2.75) is 26.1 Å². The van der Waals surface area contributed by atoms with E-state index in [2.05, 4.69) is 35.2 Å². The number of aliphatic hydroxyl groups excluding tert-OH is 1. The lowest BCUT2D eigenvalue weighted by Gasteiger charge is -2.22. The normalized spacial score (nSPS) is 15.6. The first-order chi connectivity index (χ1) is 8.75. The van der Waals surface area contributed by atoms with Crippen molar-refractivity contribution in [1.82, 2.24) is 0 Å². The molecule has 0 aromatic heterocycles. The molecule has 0 bridgehead atoms. The van der Waals surface area contributed by atoms with Crippen molar-refractivity contribution in [1.29, 1.82) is 0 Å². The molecule has 0 saturated heterocycles. The van der Waals surface area contributed by atoms with Crippen LogP contribution in [0, 0.1) is 0 Å². The van der Waals surface area contributed by atoms with E-state index in [0.717, 1.165) is 24.3 Å². The highest BCUT2D eigenvalue weighted by Gasteiger charge is 2.21. The summed E-state index contributed by atoms with van der Waals surface area (Å²) in [7, 11) is 0. The highest BCUT2D eigenvalue weighted by molar-refractivity contribution is 5.57. The fourth-order valence-electron chi connectivity index (χ4n) is 2.63. The third-order valence-electron chi connectivity index (χ3n) is 3.57. The van der Waals surface area contributed by atoms with Gasteiger partial charge in [-0.05, 0) is 24.1 Å². The zero-order valence-corrected chi connectivity index (χ0v) is 10.5. The number of nitrogens with zero attached hydrogens (tertiary/aromatic N) is 1. The Morgan fingerprint density at radius 3 is 2.11 bits per heavy atom. The first-order valence-electron chi connectivity index (χ1n) is 6.34. The van der Waals surface area contributed by atoms with Gasteiger partial charge in [0.05, 0.1) is 6.10 Å². The topological polar surface area (TPSA) is 23.5 Å². The number of aliphatic hydroxyl groups is 1. The molecule has 0 aliphatic carbocycles. The summed E-state index contributed by atoms with van der Waals surface area (Å²) < 4.78 is 0. The van der Waals surface area contributed by atoms with E-state index >= 15 is 0 Å². The van der Waals surface area contributed by atoms with Gasteiger partial charge in [-0.3, -0.25) is 0 Å². The molecule has 18 heavy (non-hydrogen) atoms. The van der Waals surface area contributed by atoms with Crippen molar-refractivity contribution < 1.29 is 5.11 Å². The van der Waals surface area contributed by atoms with Crippen molar-refractivity contribution in [3.63, 3.8) is 0 Å². The van der Waals surface area contributed by atoms with Crippen molar-refractivity contribution >= 4 is 5.69 Å². The Hall–Kier alpha value is -1.80. The second-order valence-corrected chi connectivity index (χ2v) is 4.86. The molecule has 1 N–H and O–H groups in total. The molecule has 1 aliphatic rings. The average Bonchev–Trinajstić information content (AvgIpc) is 2.82. The van der Waals surface area contributed by atoms with Gasteiger partial charge < -0.3 is 10.0 Å². The van der Waals surface area contributed by atoms with Gasteiger partial charge in [-0.15, -0.1) is 0 Å². The van der Waals surface area contributed by atoms with E-state index in [9.17, 15) is 5.11 Å². The van der Waals surface area contributed by atoms with Crippen LogP contribution < -0.4 is 4.90 Å². The number of rotatable bonds is 2. The molecule has 2 nitrogen and oxygen atoms in total. The van der Waals surface area contributed by atoms with Crippen LogP contribution in [-0.4, -0.2) is 5.11 Å². The van der Waals surface area contributed by atoms with Crippen LogP contribution in [0.2, 0.25) is 0 Å². The van der Waals surface area contributed by atoms with E-state index in [0.29, 0.717) is 0 Å². The second kappa shape index (κ2) is 4.46. The number of fused-ring (bicyclic) bond motifs is 1. The average molecular weight is 239 g/mol. The maximum atomic E-state index is 9.86. The number of para-hydroxylation sites is 1. The third kappa shape index (κ3) is 1.89. The van der Waals surface area contributed by atoms with Crippen molar-refractivity contribution in [2.75, 3.05) is 4.90 Å². The molecule has 1 aliphatic heterocycles. The van der Waals surface area contributed by atoms with Crippen molar-refractivity contribution in [3.05, 3.63) is 65.2 Å². The fraction of sp³-hybridized carbons (Fsp3) is 0.250. The molecule has 3 rings (SSSR count). The second-order valence-electron chi connectivity index (χ2n) is 4.86. The Kier molecular flexibility index (Phi) is 2.80. The Morgan fingerprint density at radius 1 is 0.944 bits per heavy atom. The standard InChI is InChI=1S/C16H17NO/c1-12(18)15-8-4-5-9-16(15)17-10-13-6-2-3-7-14(13)11-17/h2-9,12,18H,10-11H2,1H3/t12-/m0/s1. The van der Waals surface area contributed by atoms with Crippen LogP contribution in [0.1, 0.15) is 29.7 Å². The molecule has 2 aromatic rings. The van der Waals surface area contributed by atoms with Crippen LogP contribution in [0.5, 0.6) is 0 Å².